The lowest BCUT2D eigenvalue weighted by Crippen LogP contribution is -2.26. The molecule has 0 saturated carbocycles. The molecular weight excluding hydrogens is 318 g/mol. The van der Waals surface area contributed by atoms with Crippen molar-refractivity contribution in [2.24, 2.45) is 0 Å². The van der Waals surface area contributed by atoms with Crippen LogP contribution < -0.4 is 0 Å². The average molecular weight is 337 g/mol. The molecule has 2 aromatic carbocycles. The van der Waals surface area contributed by atoms with E-state index in [0.29, 0.717) is 6.54 Å². The first-order valence-corrected chi connectivity index (χ1v) is 8.80. The summed E-state index contributed by atoms with van der Waals surface area (Å²) in [5.41, 5.74) is 1.09. The largest absolute Gasteiger partial charge is 0.341 e. The molecule has 0 saturated heterocycles. The summed E-state index contributed by atoms with van der Waals surface area (Å²) < 4.78 is 0. The highest BCUT2D eigenvalue weighted by Gasteiger charge is 2.13. The summed E-state index contributed by atoms with van der Waals surface area (Å²) in [5, 5.41) is 4.24. The zero-order valence-corrected chi connectivity index (χ0v) is 14.4. The second kappa shape index (κ2) is 7.41. The third-order valence-electron chi connectivity index (χ3n) is 4.02. The molecule has 3 nitrogen and oxygen atoms in total. The van der Waals surface area contributed by atoms with Crippen molar-refractivity contribution in [3.63, 3.8) is 0 Å². The minimum absolute atomic E-state index is 0.00642. The quantitative estimate of drug-likeness (QED) is 0.620. The lowest BCUT2D eigenvalue weighted by atomic mass is 10.1. The minimum Gasteiger partial charge on any atom is -0.341 e. The van der Waals surface area contributed by atoms with E-state index >= 15 is 0 Å². The number of hydrogen-bond donors (Lipinski definition) is 0. The number of ketones is 1. The molecule has 1 heterocycles. The summed E-state index contributed by atoms with van der Waals surface area (Å²) >= 11 is 1.42. The Morgan fingerprint density at radius 3 is 2.50 bits per heavy atom. The highest BCUT2D eigenvalue weighted by Crippen LogP contribution is 2.17. The third kappa shape index (κ3) is 3.89. The molecule has 0 aliphatic rings. The van der Waals surface area contributed by atoms with E-state index in [2.05, 4.69) is 24.3 Å². The lowest BCUT2D eigenvalue weighted by molar-refractivity contribution is -0.130. The monoisotopic (exact) mass is 337 g/mol. The van der Waals surface area contributed by atoms with Gasteiger partial charge < -0.3 is 4.90 Å². The number of nitrogens with zero attached hydrogens (tertiary/aromatic N) is 1. The molecule has 0 spiro atoms. The maximum atomic E-state index is 12.3. The number of fused-ring (bicyclic) bond motifs is 1. The van der Waals surface area contributed by atoms with Gasteiger partial charge in [-0.25, -0.2) is 0 Å². The maximum Gasteiger partial charge on any atom is 0.223 e. The molecule has 4 heteroatoms. The number of benzene rings is 2. The van der Waals surface area contributed by atoms with Crippen molar-refractivity contribution < 1.29 is 9.59 Å². The molecule has 122 valence electrons. The lowest BCUT2D eigenvalue weighted by Gasteiger charge is -2.17. The zero-order chi connectivity index (χ0) is 16.9. The number of carbonyl (C=O) groups is 2. The smallest absolute Gasteiger partial charge is 0.223 e. The second-order valence-corrected chi connectivity index (χ2v) is 6.78. The van der Waals surface area contributed by atoms with Gasteiger partial charge in [0.15, 0.2) is 5.78 Å². The van der Waals surface area contributed by atoms with Crippen LogP contribution in [0.4, 0.5) is 0 Å². The van der Waals surface area contributed by atoms with Crippen molar-refractivity contribution in [1.29, 1.82) is 0 Å². The van der Waals surface area contributed by atoms with Crippen molar-refractivity contribution in [3.8, 4) is 0 Å². The van der Waals surface area contributed by atoms with Crippen LogP contribution in [0, 0.1) is 0 Å². The van der Waals surface area contributed by atoms with Crippen LogP contribution in [0.15, 0.2) is 60.0 Å². The van der Waals surface area contributed by atoms with Gasteiger partial charge in [-0.05, 0) is 33.8 Å². The Morgan fingerprint density at radius 2 is 1.75 bits per heavy atom. The van der Waals surface area contributed by atoms with Crippen molar-refractivity contribution in [1.82, 2.24) is 4.90 Å². The van der Waals surface area contributed by atoms with Crippen molar-refractivity contribution in [3.05, 3.63) is 70.4 Å². The van der Waals surface area contributed by atoms with Gasteiger partial charge in [-0.1, -0.05) is 42.5 Å². The summed E-state index contributed by atoms with van der Waals surface area (Å²) in [6.45, 7) is 0.552. The molecule has 1 amide bonds. The highest BCUT2D eigenvalue weighted by molar-refractivity contribution is 7.12. The minimum atomic E-state index is -0.00642. The molecule has 0 N–H and O–H groups in total. The Kier molecular flexibility index (Phi) is 5.06. The SMILES string of the molecule is CN(Cc1ccc2ccccc2c1)C(=O)CCC(=O)c1cccs1. The molecular formula is C20H19NO2S. The Labute approximate surface area is 145 Å². The van der Waals surface area contributed by atoms with E-state index in [4.69, 9.17) is 0 Å². The molecule has 0 unspecified atom stereocenters. The molecule has 0 atom stereocenters. The zero-order valence-electron chi connectivity index (χ0n) is 13.6. The second-order valence-electron chi connectivity index (χ2n) is 5.83. The molecule has 24 heavy (non-hydrogen) atoms. The van der Waals surface area contributed by atoms with E-state index in [1.807, 2.05) is 29.6 Å². The summed E-state index contributed by atoms with van der Waals surface area (Å²) in [6, 6.07) is 18.0. The Balaban J connectivity index is 1.57. The van der Waals surface area contributed by atoms with Gasteiger partial charge in [0.2, 0.25) is 5.91 Å². The number of rotatable bonds is 6. The van der Waals surface area contributed by atoms with Gasteiger partial charge in [0.05, 0.1) is 4.88 Å². The van der Waals surface area contributed by atoms with E-state index in [1.54, 1.807) is 18.0 Å². The number of Topliss-reactive ketones (excluding diaryl/α,β-unsaturated/α-hetero) is 1. The van der Waals surface area contributed by atoms with Gasteiger partial charge in [0.1, 0.15) is 0 Å². The summed E-state index contributed by atoms with van der Waals surface area (Å²) in [6.07, 6.45) is 0.516. The molecule has 0 bridgehead atoms. The molecule has 3 aromatic rings. The van der Waals surface area contributed by atoms with E-state index in [1.165, 1.54) is 22.1 Å². The van der Waals surface area contributed by atoms with E-state index in [9.17, 15) is 9.59 Å². The predicted molar refractivity (Wildman–Crippen MR) is 98.3 cm³/mol. The van der Waals surface area contributed by atoms with Crippen LogP contribution in [0.25, 0.3) is 10.8 Å². The fourth-order valence-corrected chi connectivity index (χ4v) is 3.37. The summed E-state index contributed by atoms with van der Waals surface area (Å²) in [4.78, 5) is 26.6. The maximum absolute atomic E-state index is 12.3. The fraction of sp³-hybridized carbons (Fsp3) is 0.200. The molecule has 3 rings (SSSR count). The Bertz CT molecular complexity index is 855. The van der Waals surface area contributed by atoms with Gasteiger partial charge >= 0.3 is 0 Å². The number of thiophene rings is 1. The van der Waals surface area contributed by atoms with Crippen LogP contribution >= 0.6 is 11.3 Å². The highest BCUT2D eigenvalue weighted by atomic mass is 32.1. The third-order valence-corrected chi connectivity index (χ3v) is 4.93. The van der Waals surface area contributed by atoms with Crippen LogP contribution in [0.5, 0.6) is 0 Å². The van der Waals surface area contributed by atoms with Gasteiger partial charge in [0.25, 0.3) is 0 Å². The molecule has 1 aromatic heterocycles. The molecule has 0 aliphatic carbocycles. The van der Waals surface area contributed by atoms with Gasteiger partial charge in [-0.15, -0.1) is 11.3 Å². The summed E-state index contributed by atoms with van der Waals surface area (Å²) in [5.74, 6) is 0.0329. The first-order chi connectivity index (χ1) is 11.6. The molecule has 0 aliphatic heterocycles. The van der Waals surface area contributed by atoms with E-state index in [0.717, 1.165) is 10.4 Å². The van der Waals surface area contributed by atoms with Crippen LogP contribution in [0.3, 0.4) is 0 Å². The van der Waals surface area contributed by atoms with Crippen molar-refractivity contribution in [2.75, 3.05) is 7.05 Å². The average Bonchev–Trinajstić information content (AvgIpc) is 3.14. The molecule has 0 fully saturated rings. The van der Waals surface area contributed by atoms with Crippen LogP contribution in [-0.2, 0) is 11.3 Å². The normalized spacial score (nSPS) is 10.7. The number of carbonyl (C=O) groups excluding carboxylic acids is 2. The van der Waals surface area contributed by atoms with Gasteiger partial charge in [-0.2, -0.15) is 0 Å². The number of amides is 1. The van der Waals surface area contributed by atoms with Crippen LogP contribution in [0.1, 0.15) is 28.1 Å². The fourth-order valence-electron chi connectivity index (χ4n) is 2.67. The van der Waals surface area contributed by atoms with E-state index in [-0.39, 0.29) is 24.5 Å². The molecule has 0 radical (unpaired) electrons. The first-order valence-electron chi connectivity index (χ1n) is 7.92. The van der Waals surface area contributed by atoms with E-state index < -0.39 is 0 Å². The van der Waals surface area contributed by atoms with Gasteiger partial charge in [0, 0.05) is 26.4 Å². The first kappa shape index (κ1) is 16.4. The van der Waals surface area contributed by atoms with Crippen LogP contribution in [0.2, 0.25) is 0 Å². The topological polar surface area (TPSA) is 37.4 Å². The van der Waals surface area contributed by atoms with Crippen molar-refractivity contribution in [2.45, 2.75) is 19.4 Å². The summed E-state index contributed by atoms with van der Waals surface area (Å²) in [7, 11) is 1.78. The Hall–Kier alpha value is -2.46. The Morgan fingerprint density at radius 1 is 0.958 bits per heavy atom. The van der Waals surface area contributed by atoms with Gasteiger partial charge in [-0.3, -0.25) is 9.59 Å². The van der Waals surface area contributed by atoms with Crippen LogP contribution in [-0.4, -0.2) is 23.6 Å². The standard InChI is InChI=1S/C20H19NO2S/c1-21(20(23)11-10-18(22)19-7-4-12-24-19)14-15-8-9-16-5-2-3-6-17(16)13-15/h2-9,12-13H,10-11,14H2,1H3. The number of hydrogen-bond acceptors (Lipinski definition) is 3. The van der Waals surface area contributed by atoms with Crippen molar-refractivity contribution >= 4 is 33.8 Å². The predicted octanol–water partition coefficient (Wildman–Crippen LogP) is 4.52.